The van der Waals surface area contributed by atoms with Gasteiger partial charge in [-0.25, -0.2) is 9.18 Å². The predicted octanol–water partition coefficient (Wildman–Crippen LogP) is 5.59. The molecule has 4 aromatic rings. The first-order valence-corrected chi connectivity index (χ1v) is 11.7. The number of benzene rings is 3. The second-order valence-electron chi connectivity index (χ2n) is 8.49. The fourth-order valence-corrected chi connectivity index (χ4v) is 4.53. The quantitative estimate of drug-likeness (QED) is 0.375. The van der Waals surface area contributed by atoms with Gasteiger partial charge < -0.3 is 19.4 Å². The molecule has 0 unspecified atom stereocenters. The standard InChI is InChI=1S/C29H25FN2O4/c1-3-36-29(34)25-17-32(28(33)20-5-4-6-21(30)15-20)14-13-23-24-16-19(9-12-26(24)31-27(23)25)18-7-10-22(35-2)11-8-18/h4-12,15-17,31H,3,13-14H2,1-2H3. The second-order valence-corrected chi connectivity index (χ2v) is 8.49. The molecule has 5 rings (SSSR count). The summed E-state index contributed by atoms with van der Waals surface area (Å²) in [6.07, 6.45) is 2.01. The minimum absolute atomic E-state index is 0.200. The summed E-state index contributed by atoms with van der Waals surface area (Å²) in [5.74, 6) is -0.626. The molecule has 0 saturated carbocycles. The Bertz CT molecular complexity index is 1490. The third kappa shape index (κ3) is 4.35. The van der Waals surface area contributed by atoms with Gasteiger partial charge in [-0.3, -0.25) is 4.79 Å². The Hall–Kier alpha value is -4.39. The topological polar surface area (TPSA) is 71.6 Å². The van der Waals surface area contributed by atoms with Crippen molar-refractivity contribution in [3.63, 3.8) is 0 Å². The Morgan fingerprint density at radius 3 is 2.53 bits per heavy atom. The maximum atomic E-state index is 13.8. The van der Waals surface area contributed by atoms with E-state index in [-0.39, 0.29) is 23.7 Å². The lowest BCUT2D eigenvalue weighted by Crippen LogP contribution is -2.28. The fraction of sp³-hybridized carbons (Fsp3) is 0.172. The van der Waals surface area contributed by atoms with Gasteiger partial charge in [0.05, 0.1) is 25.0 Å². The Balaban J connectivity index is 1.58. The van der Waals surface area contributed by atoms with Crippen LogP contribution < -0.4 is 4.74 Å². The van der Waals surface area contributed by atoms with Crippen molar-refractivity contribution in [3.05, 3.63) is 95.6 Å². The van der Waals surface area contributed by atoms with Crippen LogP contribution in [0.25, 0.3) is 27.6 Å². The van der Waals surface area contributed by atoms with Gasteiger partial charge in [0.1, 0.15) is 11.6 Å². The van der Waals surface area contributed by atoms with Crippen LogP contribution in [0.5, 0.6) is 5.75 Å². The smallest absolute Gasteiger partial charge is 0.341 e. The molecule has 2 heterocycles. The molecule has 1 aliphatic rings. The van der Waals surface area contributed by atoms with E-state index in [0.29, 0.717) is 18.7 Å². The van der Waals surface area contributed by atoms with Crippen LogP contribution in [0.3, 0.4) is 0 Å². The van der Waals surface area contributed by atoms with Crippen LogP contribution in [-0.2, 0) is 16.0 Å². The lowest BCUT2D eigenvalue weighted by Gasteiger charge is -2.18. The van der Waals surface area contributed by atoms with Crippen molar-refractivity contribution in [1.29, 1.82) is 0 Å². The number of esters is 1. The molecular formula is C29H25FN2O4. The molecule has 6 nitrogen and oxygen atoms in total. The van der Waals surface area contributed by atoms with Gasteiger partial charge in [0.2, 0.25) is 0 Å². The van der Waals surface area contributed by atoms with Crippen LogP contribution in [0.2, 0.25) is 0 Å². The molecule has 0 bridgehead atoms. The number of fused-ring (bicyclic) bond motifs is 3. The average molecular weight is 485 g/mol. The molecule has 0 atom stereocenters. The molecule has 1 N–H and O–H groups in total. The molecule has 0 aliphatic carbocycles. The number of methoxy groups -OCH3 is 1. The van der Waals surface area contributed by atoms with Crippen molar-refractivity contribution in [2.75, 3.05) is 20.3 Å². The summed E-state index contributed by atoms with van der Waals surface area (Å²) in [5.41, 5.74) is 4.97. The number of carbonyl (C=O) groups excluding carboxylic acids is 2. The second kappa shape index (κ2) is 9.70. The number of aromatic nitrogens is 1. The van der Waals surface area contributed by atoms with Crippen molar-refractivity contribution >= 4 is 28.4 Å². The lowest BCUT2D eigenvalue weighted by molar-refractivity contribution is -0.136. The molecule has 0 radical (unpaired) electrons. The highest BCUT2D eigenvalue weighted by atomic mass is 19.1. The number of H-pyrrole nitrogens is 1. The van der Waals surface area contributed by atoms with Crippen molar-refractivity contribution in [2.24, 2.45) is 0 Å². The molecule has 36 heavy (non-hydrogen) atoms. The predicted molar refractivity (Wildman–Crippen MR) is 136 cm³/mol. The van der Waals surface area contributed by atoms with Gasteiger partial charge in [0.25, 0.3) is 5.91 Å². The van der Waals surface area contributed by atoms with Gasteiger partial charge in [0.15, 0.2) is 0 Å². The molecule has 1 amide bonds. The number of rotatable bonds is 5. The van der Waals surface area contributed by atoms with Crippen LogP contribution in [-0.4, -0.2) is 42.0 Å². The first kappa shape index (κ1) is 23.4. The van der Waals surface area contributed by atoms with E-state index < -0.39 is 11.8 Å². The van der Waals surface area contributed by atoms with Gasteiger partial charge in [0, 0.05) is 29.2 Å². The Morgan fingerprint density at radius 2 is 1.81 bits per heavy atom. The van der Waals surface area contributed by atoms with Crippen molar-refractivity contribution in [3.8, 4) is 16.9 Å². The first-order chi connectivity index (χ1) is 17.5. The summed E-state index contributed by atoms with van der Waals surface area (Å²) in [7, 11) is 1.63. The van der Waals surface area contributed by atoms with E-state index in [0.717, 1.165) is 33.3 Å². The van der Waals surface area contributed by atoms with Gasteiger partial charge in [-0.2, -0.15) is 0 Å². The molecule has 1 aromatic heterocycles. The number of nitrogens with zero attached hydrogens (tertiary/aromatic N) is 1. The number of ether oxygens (including phenoxy) is 2. The third-order valence-electron chi connectivity index (χ3n) is 6.31. The maximum absolute atomic E-state index is 13.8. The Kier molecular flexibility index (Phi) is 6.29. The summed E-state index contributed by atoms with van der Waals surface area (Å²) in [6.45, 7) is 2.26. The third-order valence-corrected chi connectivity index (χ3v) is 6.31. The molecule has 1 aliphatic heterocycles. The number of nitrogens with one attached hydrogen (secondary N) is 1. The van der Waals surface area contributed by atoms with Gasteiger partial charge in [-0.15, -0.1) is 0 Å². The summed E-state index contributed by atoms with van der Waals surface area (Å²) in [6, 6.07) is 19.4. The number of halogens is 1. The molecule has 0 saturated heterocycles. The van der Waals surface area contributed by atoms with E-state index in [1.807, 2.05) is 36.4 Å². The van der Waals surface area contributed by atoms with Gasteiger partial charge >= 0.3 is 5.97 Å². The molecular weight excluding hydrogens is 459 g/mol. The molecule has 182 valence electrons. The Labute approximate surface area is 208 Å². The summed E-state index contributed by atoms with van der Waals surface area (Å²) in [5, 5.41) is 0.966. The molecule has 0 spiro atoms. The van der Waals surface area contributed by atoms with Crippen LogP contribution >= 0.6 is 0 Å². The summed E-state index contributed by atoms with van der Waals surface area (Å²) in [4.78, 5) is 31.0. The van der Waals surface area contributed by atoms with Crippen molar-refractivity contribution in [1.82, 2.24) is 9.88 Å². The van der Waals surface area contributed by atoms with Crippen LogP contribution in [0, 0.1) is 5.82 Å². The number of hydrogen-bond donors (Lipinski definition) is 1. The van der Waals surface area contributed by atoms with E-state index >= 15 is 0 Å². The minimum atomic E-state index is -0.528. The SMILES string of the molecule is CCOC(=O)C1=CN(C(=O)c2cccc(F)c2)CCc2c1[nH]c1ccc(-c3ccc(OC)cc3)cc21. The van der Waals surface area contributed by atoms with E-state index in [9.17, 15) is 14.0 Å². The Morgan fingerprint density at radius 1 is 1.03 bits per heavy atom. The maximum Gasteiger partial charge on any atom is 0.341 e. The fourth-order valence-electron chi connectivity index (χ4n) is 4.53. The highest BCUT2D eigenvalue weighted by Crippen LogP contribution is 2.34. The summed E-state index contributed by atoms with van der Waals surface area (Å²) < 4.78 is 24.4. The number of amides is 1. The zero-order valence-electron chi connectivity index (χ0n) is 20.0. The zero-order valence-corrected chi connectivity index (χ0v) is 20.0. The molecule has 3 aromatic carbocycles. The zero-order chi connectivity index (χ0) is 25.2. The highest BCUT2D eigenvalue weighted by Gasteiger charge is 2.28. The first-order valence-electron chi connectivity index (χ1n) is 11.7. The summed E-state index contributed by atoms with van der Waals surface area (Å²) >= 11 is 0. The highest BCUT2D eigenvalue weighted by molar-refractivity contribution is 6.18. The number of hydrogen-bond acceptors (Lipinski definition) is 4. The number of carbonyl (C=O) groups is 2. The van der Waals surface area contributed by atoms with Gasteiger partial charge in [-0.1, -0.05) is 24.3 Å². The monoisotopic (exact) mass is 484 g/mol. The van der Waals surface area contributed by atoms with E-state index in [4.69, 9.17) is 9.47 Å². The minimum Gasteiger partial charge on any atom is -0.497 e. The van der Waals surface area contributed by atoms with Gasteiger partial charge in [-0.05, 0) is 72.5 Å². The van der Waals surface area contributed by atoms with E-state index in [2.05, 4.69) is 11.1 Å². The van der Waals surface area contributed by atoms with Crippen LogP contribution in [0.15, 0.2) is 72.9 Å². The normalized spacial score (nSPS) is 13.1. The van der Waals surface area contributed by atoms with Crippen LogP contribution in [0.1, 0.15) is 28.5 Å². The lowest BCUT2D eigenvalue weighted by atomic mass is 9.99. The van der Waals surface area contributed by atoms with Crippen molar-refractivity contribution < 1.29 is 23.5 Å². The molecule has 7 heteroatoms. The number of aromatic amines is 1. The van der Waals surface area contributed by atoms with E-state index in [1.165, 1.54) is 29.3 Å². The molecule has 0 fully saturated rings. The van der Waals surface area contributed by atoms with E-state index in [1.54, 1.807) is 20.1 Å². The largest absolute Gasteiger partial charge is 0.497 e. The van der Waals surface area contributed by atoms with Crippen LogP contribution in [0.4, 0.5) is 4.39 Å². The average Bonchev–Trinajstić information content (AvgIpc) is 3.14. The van der Waals surface area contributed by atoms with Crippen molar-refractivity contribution in [2.45, 2.75) is 13.3 Å².